The summed E-state index contributed by atoms with van der Waals surface area (Å²) in [6, 6.07) is 5.77. The summed E-state index contributed by atoms with van der Waals surface area (Å²) in [7, 11) is 0. The molecule has 2 aromatic rings. The molecule has 0 aromatic carbocycles. The second kappa shape index (κ2) is 5.68. The normalized spacial score (nSPS) is 12.9. The molecule has 21 heavy (non-hydrogen) atoms. The van der Waals surface area contributed by atoms with Gasteiger partial charge in [0.15, 0.2) is 5.58 Å². The Morgan fingerprint density at radius 2 is 1.86 bits per heavy atom. The number of hydrogen-bond donors (Lipinski definition) is 1. The molecule has 1 N–H and O–H groups in total. The Balaban J connectivity index is 2.02. The van der Waals surface area contributed by atoms with Gasteiger partial charge >= 0.3 is 0 Å². The van der Waals surface area contributed by atoms with E-state index >= 15 is 0 Å². The Morgan fingerprint density at radius 1 is 1.14 bits per heavy atom. The number of nitrogens with one attached hydrogen (secondary N) is 1. The van der Waals surface area contributed by atoms with Crippen molar-refractivity contribution in [2.24, 2.45) is 0 Å². The van der Waals surface area contributed by atoms with E-state index in [2.05, 4.69) is 51.8 Å². The fraction of sp³-hybridized carbons (Fsp3) is 0.588. The topological polar surface area (TPSA) is 47.3 Å². The molecule has 0 radical (unpaired) electrons. The fourth-order valence-corrected chi connectivity index (χ4v) is 1.94. The highest BCUT2D eigenvalue weighted by Crippen LogP contribution is 2.29. The molecule has 2 aromatic heterocycles. The lowest BCUT2D eigenvalue weighted by Gasteiger charge is -2.20. The summed E-state index contributed by atoms with van der Waals surface area (Å²) in [6.45, 7) is 14.2. The fourth-order valence-electron chi connectivity index (χ4n) is 1.94. The molecular weight excluding hydrogens is 264 g/mol. The molecule has 0 saturated carbocycles. The van der Waals surface area contributed by atoms with E-state index in [4.69, 9.17) is 9.15 Å². The molecular formula is C17H26N2O2. The average molecular weight is 290 g/mol. The van der Waals surface area contributed by atoms with Crippen LogP contribution in [0.4, 0.5) is 0 Å². The number of furan rings is 1. The minimum absolute atomic E-state index is 0.0155. The first-order chi connectivity index (χ1) is 9.65. The van der Waals surface area contributed by atoms with Crippen molar-refractivity contribution in [2.75, 3.05) is 13.2 Å². The Morgan fingerprint density at radius 3 is 2.48 bits per heavy atom. The molecule has 0 amide bonds. The summed E-state index contributed by atoms with van der Waals surface area (Å²) in [4.78, 5) is 4.50. The van der Waals surface area contributed by atoms with Gasteiger partial charge in [-0.3, -0.25) is 0 Å². The van der Waals surface area contributed by atoms with Gasteiger partial charge in [0, 0.05) is 29.6 Å². The van der Waals surface area contributed by atoms with Crippen LogP contribution in [-0.4, -0.2) is 23.7 Å². The second-order valence-electron chi connectivity index (χ2n) is 7.42. The molecule has 4 nitrogen and oxygen atoms in total. The largest absolute Gasteiger partial charge is 0.476 e. The van der Waals surface area contributed by atoms with Gasteiger partial charge in [0.1, 0.15) is 17.9 Å². The van der Waals surface area contributed by atoms with Gasteiger partial charge in [-0.05, 0) is 26.8 Å². The molecule has 0 unspecified atom stereocenters. The molecule has 116 valence electrons. The van der Waals surface area contributed by atoms with Crippen molar-refractivity contribution in [1.82, 2.24) is 10.3 Å². The predicted molar refractivity (Wildman–Crippen MR) is 86.0 cm³/mol. The number of nitrogens with zero attached hydrogens (tertiary/aromatic N) is 1. The lowest BCUT2D eigenvalue weighted by atomic mass is 9.93. The van der Waals surface area contributed by atoms with E-state index in [1.807, 2.05) is 18.2 Å². The van der Waals surface area contributed by atoms with Crippen LogP contribution in [0, 0.1) is 0 Å². The maximum Gasteiger partial charge on any atom is 0.214 e. The van der Waals surface area contributed by atoms with Crippen molar-refractivity contribution >= 4 is 11.1 Å². The highest BCUT2D eigenvalue weighted by molar-refractivity contribution is 5.74. The lowest BCUT2D eigenvalue weighted by molar-refractivity contribution is 0.282. The number of rotatable bonds is 4. The molecule has 0 saturated heterocycles. The van der Waals surface area contributed by atoms with Crippen molar-refractivity contribution in [3.63, 3.8) is 0 Å². The van der Waals surface area contributed by atoms with Gasteiger partial charge in [0.25, 0.3) is 0 Å². The Labute approximate surface area is 126 Å². The standard InChI is InChI=1S/C17H26N2O2/c1-16(2,3)14-11-12-13(21-14)7-8-15(19-12)20-10-9-18-17(4,5)6/h7-8,11,18H,9-10H2,1-6H3. The van der Waals surface area contributed by atoms with Crippen LogP contribution in [0.2, 0.25) is 0 Å². The van der Waals surface area contributed by atoms with Crippen LogP contribution in [0.3, 0.4) is 0 Å². The molecule has 4 heteroatoms. The van der Waals surface area contributed by atoms with Crippen LogP contribution in [0.5, 0.6) is 5.88 Å². The first-order valence-corrected chi connectivity index (χ1v) is 7.44. The van der Waals surface area contributed by atoms with E-state index < -0.39 is 0 Å². The average Bonchev–Trinajstić information content (AvgIpc) is 2.76. The van der Waals surface area contributed by atoms with Crippen molar-refractivity contribution in [3.05, 3.63) is 24.0 Å². The third-order valence-corrected chi connectivity index (χ3v) is 3.09. The third kappa shape index (κ3) is 4.46. The van der Waals surface area contributed by atoms with Crippen LogP contribution in [0.25, 0.3) is 11.1 Å². The molecule has 2 heterocycles. The first kappa shape index (κ1) is 15.8. The predicted octanol–water partition coefficient (Wildman–Crippen LogP) is 3.89. The minimum Gasteiger partial charge on any atom is -0.476 e. The smallest absolute Gasteiger partial charge is 0.214 e. The number of ether oxygens (including phenoxy) is 1. The van der Waals surface area contributed by atoms with Crippen LogP contribution in [-0.2, 0) is 5.41 Å². The van der Waals surface area contributed by atoms with E-state index in [0.717, 1.165) is 23.4 Å². The molecule has 0 fully saturated rings. The van der Waals surface area contributed by atoms with E-state index in [1.165, 1.54) is 0 Å². The molecule has 2 rings (SSSR count). The van der Waals surface area contributed by atoms with Gasteiger partial charge in [0.05, 0.1) is 0 Å². The van der Waals surface area contributed by atoms with Crippen molar-refractivity contribution in [1.29, 1.82) is 0 Å². The van der Waals surface area contributed by atoms with E-state index in [1.54, 1.807) is 0 Å². The summed E-state index contributed by atoms with van der Waals surface area (Å²) < 4.78 is 11.5. The molecule has 0 aliphatic heterocycles. The van der Waals surface area contributed by atoms with Crippen molar-refractivity contribution < 1.29 is 9.15 Å². The quantitative estimate of drug-likeness (QED) is 0.868. The van der Waals surface area contributed by atoms with Crippen molar-refractivity contribution in [2.45, 2.75) is 52.5 Å². The maximum atomic E-state index is 5.83. The zero-order chi connectivity index (χ0) is 15.7. The number of hydrogen-bond acceptors (Lipinski definition) is 4. The van der Waals surface area contributed by atoms with Gasteiger partial charge in [-0.15, -0.1) is 0 Å². The SMILES string of the molecule is CC(C)(C)NCCOc1ccc2oc(C(C)(C)C)cc2n1. The minimum atomic E-state index is -0.0155. The van der Waals surface area contributed by atoms with Gasteiger partial charge in [-0.25, -0.2) is 4.98 Å². The van der Waals surface area contributed by atoms with Crippen LogP contribution in [0.15, 0.2) is 22.6 Å². The first-order valence-electron chi connectivity index (χ1n) is 7.44. The second-order valence-corrected chi connectivity index (χ2v) is 7.42. The van der Waals surface area contributed by atoms with E-state index in [0.29, 0.717) is 12.5 Å². The molecule has 0 atom stereocenters. The summed E-state index contributed by atoms with van der Waals surface area (Å²) in [6.07, 6.45) is 0. The Kier molecular flexibility index (Phi) is 4.28. The summed E-state index contributed by atoms with van der Waals surface area (Å²) >= 11 is 0. The Hall–Kier alpha value is -1.55. The molecule has 0 bridgehead atoms. The number of pyridine rings is 1. The van der Waals surface area contributed by atoms with Crippen LogP contribution < -0.4 is 10.1 Å². The monoisotopic (exact) mass is 290 g/mol. The lowest BCUT2D eigenvalue weighted by Crippen LogP contribution is -2.38. The van der Waals surface area contributed by atoms with E-state index in [-0.39, 0.29) is 11.0 Å². The van der Waals surface area contributed by atoms with Crippen LogP contribution >= 0.6 is 0 Å². The Bertz CT molecular complexity index is 603. The van der Waals surface area contributed by atoms with Gasteiger partial charge in [0.2, 0.25) is 5.88 Å². The zero-order valence-electron chi connectivity index (χ0n) is 13.9. The van der Waals surface area contributed by atoms with E-state index in [9.17, 15) is 0 Å². The highest BCUT2D eigenvalue weighted by atomic mass is 16.5. The zero-order valence-corrected chi connectivity index (χ0v) is 13.9. The highest BCUT2D eigenvalue weighted by Gasteiger charge is 2.19. The summed E-state index contributed by atoms with van der Waals surface area (Å²) in [5, 5.41) is 3.38. The summed E-state index contributed by atoms with van der Waals surface area (Å²) in [5.41, 5.74) is 1.74. The molecule has 0 aliphatic carbocycles. The van der Waals surface area contributed by atoms with Gasteiger partial charge in [-0.1, -0.05) is 20.8 Å². The number of aromatic nitrogens is 1. The third-order valence-electron chi connectivity index (χ3n) is 3.09. The van der Waals surface area contributed by atoms with Crippen LogP contribution in [0.1, 0.15) is 47.3 Å². The maximum absolute atomic E-state index is 5.83. The van der Waals surface area contributed by atoms with Crippen molar-refractivity contribution in [3.8, 4) is 5.88 Å². The number of fused-ring (bicyclic) bond motifs is 1. The van der Waals surface area contributed by atoms with Gasteiger partial charge < -0.3 is 14.5 Å². The molecule has 0 spiro atoms. The summed E-state index contributed by atoms with van der Waals surface area (Å²) in [5.74, 6) is 1.58. The molecule has 0 aliphatic rings. The van der Waals surface area contributed by atoms with Gasteiger partial charge in [-0.2, -0.15) is 0 Å².